The van der Waals surface area contributed by atoms with Gasteiger partial charge < -0.3 is 11.1 Å². The van der Waals surface area contributed by atoms with Crippen LogP contribution in [0.2, 0.25) is 0 Å². The van der Waals surface area contributed by atoms with Crippen molar-refractivity contribution in [1.82, 2.24) is 10.2 Å². The van der Waals surface area contributed by atoms with Crippen molar-refractivity contribution in [3.05, 3.63) is 34.9 Å². The standard InChI is InChI=1S/C15H21N3OS/c1-3-13-15(19)17-6-7-18(13)9-12-5-4-11(14(16)20)8-10(12)2/h4-5,8,13H,3,6-7,9H2,1-2H3,(H2,16,20)(H,17,19). The second-order valence-corrected chi connectivity index (χ2v) is 5.63. The largest absolute Gasteiger partial charge is 0.389 e. The highest BCUT2D eigenvalue weighted by Gasteiger charge is 2.28. The van der Waals surface area contributed by atoms with Gasteiger partial charge in [0, 0.05) is 25.2 Å². The van der Waals surface area contributed by atoms with Gasteiger partial charge in [-0.15, -0.1) is 0 Å². The monoisotopic (exact) mass is 291 g/mol. The molecule has 4 nitrogen and oxygen atoms in total. The maximum atomic E-state index is 11.9. The van der Waals surface area contributed by atoms with E-state index in [1.807, 2.05) is 19.1 Å². The summed E-state index contributed by atoms with van der Waals surface area (Å²) in [6, 6.07) is 6.00. The van der Waals surface area contributed by atoms with Gasteiger partial charge in [-0.3, -0.25) is 9.69 Å². The maximum absolute atomic E-state index is 11.9. The average molecular weight is 291 g/mol. The number of nitrogens with two attached hydrogens (primary N) is 1. The van der Waals surface area contributed by atoms with Crippen LogP contribution in [0.15, 0.2) is 18.2 Å². The summed E-state index contributed by atoms with van der Waals surface area (Å²) < 4.78 is 0. The average Bonchev–Trinajstić information content (AvgIpc) is 2.41. The summed E-state index contributed by atoms with van der Waals surface area (Å²) in [4.78, 5) is 14.5. The van der Waals surface area contributed by atoms with Crippen LogP contribution in [-0.4, -0.2) is 34.9 Å². The van der Waals surface area contributed by atoms with E-state index in [4.69, 9.17) is 18.0 Å². The number of carbonyl (C=O) groups excluding carboxylic acids is 1. The van der Waals surface area contributed by atoms with Gasteiger partial charge in [0.05, 0.1) is 6.04 Å². The van der Waals surface area contributed by atoms with Gasteiger partial charge in [-0.2, -0.15) is 0 Å². The molecule has 20 heavy (non-hydrogen) atoms. The molecule has 0 saturated carbocycles. The van der Waals surface area contributed by atoms with Gasteiger partial charge in [0.25, 0.3) is 0 Å². The SMILES string of the molecule is CCC1C(=O)NCCN1Cc1ccc(C(N)=S)cc1C. The number of carbonyl (C=O) groups is 1. The molecule has 1 aromatic carbocycles. The summed E-state index contributed by atoms with van der Waals surface area (Å²) in [6.07, 6.45) is 0.829. The molecule has 5 heteroatoms. The zero-order valence-electron chi connectivity index (χ0n) is 12.0. The predicted molar refractivity (Wildman–Crippen MR) is 84.6 cm³/mol. The Kier molecular flexibility index (Phi) is 4.73. The smallest absolute Gasteiger partial charge is 0.237 e. The van der Waals surface area contributed by atoms with Crippen molar-refractivity contribution in [2.45, 2.75) is 32.9 Å². The molecule has 108 valence electrons. The van der Waals surface area contributed by atoms with Crippen molar-refractivity contribution in [3.63, 3.8) is 0 Å². The molecule has 1 aliphatic rings. The lowest BCUT2D eigenvalue weighted by molar-refractivity contribution is -0.129. The van der Waals surface area contributed by atoms with Crippen molar-refractivity contribution in [2.24, 2.45) is 5.73 Å². The van der Waals surface area contributed by atoms with Crippen LogP contribution < -0.4 is 11.1 Å². The van der Waals surface area contributed by atoms with E-state index < -0.39 is 0 Å². The van der Waals surface area contributed by atoms with Crippen molar-refractivity contribution < 1.29 is 4.79 Å². The molecule has 0 spiro atoms. The molecule has 0 radical (unpaired) electrons. The highest BCUT2D eigenvalue weighted by Crippen LogP contribution is 2.17. The van der Waals surface area contributed by atoms with E-state index in [0.717, 1.165) is 37.2 Å². The highest BCUT2D eigenvalue weighted by molar-refractivity contribution is 7.80. The fourth-order valence-electron chi connectivity index (χ4n) is 2.64. The Hall–Kier alpha value is -1.46. The number of aryl methyl sites for hydroxylation is 1. The number of hydrogen-bond acceptors (Lipinski definition) is 3. The second-order valence-electron chi connectivity index (χ2n) is 5.19. The van der Waals surface area contributed by atoms with Crippen LogP contribution in [-0.2, 0) is 11.3 Å². The molecule has 2 rings (SSSR count). The Morgan fingerprint density at radius 3 is 2.90 bits per heavy atom. The van der Waals surface area contributed by atoms with Crippen molar-refractivity contribution in [2.75, 3.05) is 13.1 Å². The van der Waals surface area contributed by atoms with E-state index in [1.165, 1.54) is 5.56 Å². The maximum Gasteiger partial charge on any atom is 0.237 e. The third-order valence-electron chi connectivity index (χ3n) is 3.83. The summed E-state index contributed by atoms with van der Waals surface area (Å²) in [5, 5.41) is 2.92. The fourth-order valence-corrected chi connectivity index (χ4v) is 2.77. The number of amides is 1. The van der Waals surface area contributed by atoms with Gasteiger partial charge >= 0.3 is 0 Å². The van der Waals surface area contributed by atoms with Crippen molar-refractivity contribution in [1.29, 1.82) is 0 Å². The van der Waals surface area contributed by atoms with E-state index in [1.54, 1.807) is 0 Å². The zero-order valence-corrected chi connectivity index (χ0v) is 12.8. The molecule has 1 heterocycles. The summed E-state index contributed by atoms with van der Waals surface area (Å²) in [7, 11) is 0. The lowest BCUT2D eigenvalue weighted by atomic mass is 10.0. The van der Waals surface area contributed by atoms with Crippen LogP contribution >= 0.6 is 12.2 Å². The van der Waals surface area contributed by atoms with E-state index in [2.05, 4.69) is 23.2 Å². The van der Waals surface area contributed by atoms with E-state index in [-0.39, 0.29) is 11.9 Å². The molecule has 0 bridgehead atoms. The Morgan fingerprint density at radius 1 is 1.55 bits per heavy atom. The molecule has 1 aliphatic heterocycles. The molecular weight excluding hydrogens is 270 g/mol. The van der Waals surface area contributed by atoms with E-state index in [0.29, 0.717) is 4.99 Å². The Morgan fingerprint density at radius 2 is 2.30 bits per heavy atom. The minimum atomic E-state index is -0.0292. The van der Waals surface area contributed by atoms with Crippen LogP contribution in [0.1, 0.15) is 30.0 Å². The molecule has 0 aliphatic carbocycles. The van der Waals surface area contributed by atoms with Crippen molar-refractivity contribution >= 4 is 23.1 Å². The minimum Gasteiger partial charge on any atom is -0.389 e. The number of thiocarbonyl (C=S) groups is 1. The number of benzene rings is 1. The topological polar surface area (TPSA) is 58.4 Å². The predicted octanol–water partition coefficient (Wildman–Crippen LogP) is 1.34. The molecule has 1 unspecified atom stereocenters. The summed E-state index contributed by atoms with van der Waals surface area (Å²) in [5.41, 5.74) is 8.92. The van der Waals surface area contributed by atoms with Gasteiger partial charge in [0.2, 0.25) is 5.91 Å². The van der Waals surface area contributed by atoms with Crippen molar-refractivity contribution in [3.8, 4) is 0 Å². The zero-order chi connectivity index (χ0) is 14.7. The van der Waals surface area contributed by atoms with Crippen LogP contribution in [0.4, 0.5) is 0 Å². The first-order valence-corrected chi connectivity index (χ1v) is 7.34. The fraction of sp³-hybridized carbons (Fsp3) is 0.467. The number of nitrogens with zero attached hydrogens (tertiary/aromatic N) is 1. The van der Waals surface area contributed by atoms with Crippen LogP contribution in [0, 0.1) is 6.92 Å². The summed E-state index contributed by atoms with van der Waals surface area (Å²) >= 11 is 4.99. The van der Waals surface area contributed by atoms with E-state index in [9.17, 15) is 4.79 Å². The molecule has 1 saturated heterocycles. The molecule has 1 aromatic rings. The van der Waals surface area contributed by atoms with Gasteiger partial charge in [-0.1, -0.05) is 31.3 Å². The molecule has 1 fully saturated rings. The first kappa shape index (κ1) is 14.9. The summed E-state index contributed by atoms with van der Waals surface area (Å²) in [6.45, 7) is 6.50. The molecule has 3 N–H and O–H groups in total. The number of hydrogen-bond donors (Lipinski definition) is 2. The summed E-state index contributed by atoms with van der Waals surface area (Å²) in [5.74, 6) is 0.135. The van der Waals surface area contributed by atoms with Crippen LogP contribution in [0.3, 0.4) is 0 Å². The number of nitrogens with one attached hydrogen (secondary N) is 1. The third-order valence-corrected chi connectivity index (χ3v) is 4.06. The van der Waals surface area contributed by atoms with Gasteiger partial charge in [0.1, 0.15) is 4.99 Å². The number of piperazine rings is 1. The molecule has 0 aromatic heterocycles. The highest BCUT2D eigenvalue weighted by atomic mass is 32.1. The quantitative estimate of drug-likeness (QED) is 0.822. The number of rotatable bonds is 4. The molecular formula is C15H21N3OS. The van der Waals surface area contributed by atoms with Gasteiger partial charge in [0.15, 0.2) is 0 Å². The molecule has 1 atom stereocenters. The van der Waals surface area contributed by atoms with Gasteiger partial charge in [-0.25, -0.2) is 0 Å². The van der Waals surface area contributed by atoms with Crippen LogP contribution in [0.5, 0.6) is 0 Å². The third kappa shape index (κ3) is 3.16. The normalized spacial score (nSPS) is 19.7. The Labute approximate surface area is 125 Å². The minimum absolute atomic E-state index is 0.0292. The first-order chi connectivity index (χ1) is 9.52. The van der Waals surface area contributed by atoms with E-state index >= 15 is 0 Å². The Balaban J connectivity index is 2.16. The van der Waals surface area contributed by atoms with Crippen LogP contribution in [0.25, 0.3) is 0 Å². The lowest BCUT2D eigenvalue weighted by Crippen LogP contribution is -2.54. The second kappa shape index (κ2) is 6.33. The lowest BCUT2D eigenvalue weighted by Gasteiger charge is -2.34. The Bertz CT molecular complexity index is 530. The molecule has 1 amide bonds. The van der Waals surface area contributed by atoms with Gasteiger partial charge in [-0.05, 0) is 30.5 Å². The first-order valence-electron chi connectivity index (χ1n) is 6.94.